The second kappa shape index (κ2) is 8.56. The molecule has 0 saturated heterocycles. The minimum Gasteiger partial charge on any atom is -0.465 e. The highest BCUT2D eigenvalue weighted by atomic mass is 35.5. The number of methoxy groups -OCH3 is 1. The second-order valence-corrected chi connectivity index (χ2v) is 7.55. The van der Waals surface area contributed by atoms with E-state index in [1.165, 1.54) is 7.11 Å². The number of ether oxygens (including phenoxy) is 1. The van der Waals surface area contributed by atoms with Crippen LogP contribution in [-0.2, 0) is 11.3 Å². The van der Waals surface area contributed by atoms with Gasteiger partial charge in [-0.3, -0.25) is 4.99 Å². The quantitative estimate of drug-likeness (QED) is 0.287. The van der Waals surface area contributed by atoms with Gasteiger partial charge in [0, 0.05) is 40.4 Å². The molecule has 0 unspecified atom stereocenters. The molecule has 4 aromatic rings. The maximum absolute atomic E-state index is 11.9. The first kappa shape index (κ1) is 19.9. The lowest BCUT2D eigenvalue weighted by Gasteiger charge is -2.07. The molecule has 0 aliphatic carbocycles. The number of esters is 1. The summed E-state index contributed by atoms with van der Waals surface area (Å²) < 4.78 is 7.00. The molecule has 0 aliphatic heterocycles. The summed E-state index contributed by atoms with van der Waals surface area (Å²) in [6.45, 7) is 2.65. The summed E-state index contributed by atoms with van der Waals surface area (Å²) in [5.41, 5.74) is 5.61. The summed E-state index contributed by atoms with van der Waals surface area (Å²) in [5, 5.41) is 1.78. The van der Waals surface area contributed by atoms with E-state index >= 15 is 0 Å². The number of hydrogen-bond acceptors (Lipinski definition) is 3. The Bertz CT molecular complexity index is 1260. The van der Waals surface area contributed by atoms with Crippen LogP contribution in [0.3, 0.4) is 0 Å². The minimum absolute atomic E-state index is 0.334. The summed E-state index contributed by atoms with van der Waals surface area (Å²) in [6.07, 6.45) is 3.96. The molecule has 0 bridgehead atoms. The molecule has 0 N–H and O–H groups in total. The Morgan fingerprint density at radius 3 is 2.77 bits per heavy atom. The number of carbonyl (C=O) groups excluding carboxylic acids is 1. The van der Waals surface area contributed by atoms with Crippen molar-refractivity contribution in [2.75, 3.05) is 7.11 Å². The number of aromatic nitrogens is 1. The lowest BCUT2D eigenvalue weighted by atomic mass is 10.1. The summed E-state index contributed by atoms with van der Waals surface area (Å²) in [5.74, 6) is -0.334. The molecule has 0 amide bonds. The van der Waals surface area contributed by atoms with Crippen LogP contribution in [0.2, 0.25) is 5.02 Å². The molecule has 0 spiro atoms. The molecule has 1 aromatic heterocycles. The number of para-hydroxylation sites is 1. The summed E-state index contributed by atoms with van der Waals surface area (Å²) in [7, 11) is 1.39. The van der Waals surface area contributed by atoms with Gasteiger partial charge in [-0.05, 0) is 48.4 Å². The van der Waals surface area contributed by atoms with E-state index in [1.54, 1.807) is 6.07 Å². The van der Waals surface area contributed by atoms with Gasteiger partial charge >= 0.3 is 5.97 Å². The molecule has 4 rings (SSSR count). The molecule has 3 aromatic carbocycles. The van der Waals surface area contributed by atoms with E-state index in [0.717, 1.165) is 33.3 Å². The van der Waals surface area contributed by atoms with E-state index in [4.69, 9.17) is 16.3 Å². The highest BCUT2D eigenvalue weighted by Crippen LogP contribution is 2.25. The normalized spacial score (nSPS) is 11.3. The van der Waals surface area contributed by atoms with Crippen LogP contribution in [0.25, 0.3) is 10.9 Å². The fraction of sp³-hybridized carbons (Fsp3) is 0.120. The van der Waals surface area contributed by atoms with Crippen molar-refractivity contribution in [2.24, 2.45) is 4.99 Å². The Balaban J connectivity index is 1.70. The van der Waals surface area contributed by atoms with Crippen molar-refractivity contribution in [2.45, 2.75) is 13.5 Å². The lowest BCUT2D eigenvalue weighted by molar-refractivity contribution is 0.0600. The molecule has 0 radical (unpaired) electrons. The van der Waals surface area contributed by atoms with Gasteiger partial charge in [0.2, 0.25) is 0 Å². The van der Waals surface area contributed by atoms with E-state index in [0.29, 0.717) is 17.1 Å². The fourth-order valence-corrected chi connectivity index (χ4v) is 3.65. The zero-order chi connectivity index (χ0) is 21.1. The average molecular weight is 417 g/mol. The third-order valence-corrected chi connectivity index (χ3v) is 5.27. The predicted molar refractivity (Wildman–Crippen MR) is 122 cm³/mol. The summed E-state index contributed by atoms with van der Waals surface area (Å²) >= 11 is 6.12. The number of fused-ring (bicyclic) bond motifs is 1. The summed E-state index contributed by atoms with van der Waals surface area (Å²) in [6, 6.07) is 21.4. The monoisotopic (exact) mass is 416 g/mol. The van der Waals surface area contributed by atoms with Crippen LogP contribution in [0.1, 0.15) is 27.0 Å². The summed E-state index contributed by atoms with van der Waals surface area (Å²) in [4.78, 5) is 16.5. The molecule has 0 saturated carbocycles. The molecule has 4 nitrogen and oxygen atoms in total. The first-order valence-corrected chi connectivity index (χ1v) is 9.98. The number of nitrogens with zero attached hydrogens (tertiary/aromatic N) is 2. The SMILES string of the molecule is COC(=O)c1cccc(Cn2cc(C=Nc3cc(Cl)ccc3C)c3ccccc32)c1. The number of halogens is 1. The Kier molecular flexibility index (Phi) is 5.68. The van der Waals surface area contributed by atoms with Crippen LogP contribution in [0.4, 0.5) is 5.69 Å². The van der Waals surface area contributed by atoms with Gasteiger partial charge in [0.25, 0.3) is 0 Å². The number of carbonyl (C=O) groups is 1. The highest BCUT2D eigenvalue weighted by molar-refractivity contribution is 6.30. The van der Waals surface area contributed by atoms with Gasteiger partial charge in [0.15, 0.2) is 0 Å². The van der Waals surface area contributed by atoms with Gasteiger partial charge in [-0.1, -0.05) is 48.0 Å². The van der Waals surface area contributed by atoms with Gasteiger partial charge < -0.3 is 9.30 Å². The van der Waals surface area contributed by atoms with Crippen molar-refractivity contribution in [1.29, 1.82) is 0 Å². The topological polar surface area (TPSA) is 43.6 Å². The maximum Gasteiger partial charge on any atom is 0.337 e. The molecule has 0 atom stereocenters. The van der Waals surface area contributed by atoms with Gasteiger partial charge in [-0.2, -0.15) is 0 Å². The molecule has 5 heteroatoms. The number of benzene rings is 3. The average Bonchev–Trinajstić information content (AvgIpc) is 3.11. The van der Waals surface area contributed by atoms with Crippen LogP contribution >= 0.6 is 11.6 Å². The second-order valence-electron chi connectivity index (χ2n) is 7.11. The number of rotatable bonds is 5. The minimum atomic E-state index is -0.334. The van der Waals surface area contributed by atoms with Crippen molar-refractivity contribution < 1.29 is 9.53 Å². The van der Waals surface area contributed by atoms with Crippen molar-refractivity contribution >= 4 is 40.4 Å². The smallest absolute Gasteiger partial charge is 0.337 e. The largest absolute Gasteiger partial charge is 0.465 e. The molecule has 150 valence electrons. The third-order valence-electron chi connectivity index (χ3n) is 5.03. The van der Waals surface area contributed by atoms with Crippen molar-refractivity contribution in [3.05, 3.63) is 100 Å². The first-order valence-electron chi connectivity index (χ1n) is 9.60. The Hall–Kier alpha value is -3.37. The van der Waals surface area contributed by atoms with E-state index in [1.807, 2.05) is 61.7 Å². The zero-order valence-corrected chi connectivity index (χ0v) is 17.6. The lowest BCUT2D eigenvalue weighted by Crippen LogP contribution is -2.03. The van der Waals surface area contributed by atoms with Crippen molar-refractivity contribution in [3.63, 3.8) is 0 Å². The van der Waals surface area contributed by atoms with Crippen molar-refractivity contribution in [1.82, 2.24) is 4.57 Å². The van der Waals surface area contributed by atoms with Gasteiger partial charge in [-0.15, -0.1) is 0 Å². The van der Waals surface area contributed by atoms with E-state index in [2.05, 4.69) is 27.9 Å². The Morgan fingerprint density at radius 2 is 1.93 bits per heavy atom. The van der Waals surface area contributed by atoms with Crippen molar-refractivity contribution in [3.8, 4) is 0 Å². The van der Waals surface area contributed by atoms with Crippen LogP contribution in [0.15, 0.2) is 77.9 Å². The van der Waals surface area contributed by atoms with Crippen LogP contribution in [0, 0.1) is 6.92 Å². The molecule has 0 fully saturated rings. The zero-order valence-electron chi connectivity index (χ0n) is 16.8. The van der Waals surface area contributed by atoms with Gasteiger partial charge in [0.05, 0.1) is 18.4 Å². The Morgan fingerprint density at radius 1 is 1.10 bits per heavy atom. The maximum atomic E-state index is 11.9. The van der Waals surface area contributed by atoms with E-state index in [9.17, 15) is 4.79 Å². The third kappa shape index (κ3) is 4.14. The molecule has 30 heavy (non-hydrogen) atoms. The number of hydrogen-bond donors (Lipinski definition) is 0. The molecule has 0 aliphatic rings. The highest BCUT2D eigenvalue weighted by Gasteiger charge is 2.10. The molecular weight excluding hydrogens is 396 g/mol. The fourth-order valence-electron chi connectivity index (χ4n) is 3.48. The van der Waals surface area contributed by atoms with E-state index in [-0.39, 0.29) is 5.97 Å². The first-order chi connectivity index (χ1) is 14.5. The number of aliphatic imine (C=N–C) groups is 1. The van der Waals surface area contributed by atoms with Crippen LogP contribution in [-0.4, -0.2) is 23.9 Å². The van der Waals surface area contributed by atoms with E-state index < -0.39 is 0 Å². The Labute approximate surface area is 180 Å². The predicted octanol–water partition coefficient (Wildman–Crippen LogP) is 6.19. The van der Waals surface area contributed by atoms with Crippen LogP contribution in [0.5, 0.6) is 0 Å². The standard InChI is InChI=1S/C25H21ClN2O2/c1-17-10-11-21(26)13-23(17)27-14-20-16-28(24-9-4-3-8-22(20)24)15-18-6-5-7-19(12-18)25(29)30-2/h3-14,16H,15H2,1-2H3. The molecular formula is C25H21ClN2O2. The number of aryl methyl sites for hydroxylation is 1. The van der Waals surface area contributed by atoms with Gasteiger partial charge in [0.1, 0.15) is 0 Å². The molecule has 1 heterocycles. The van der Waals surface area contributed by atoms with Gasteiger partial charge in [-0.25, -0.2) is 4.79 Å². The van der Waals surface area contributed by atoms with Crippen LogP contribution < -0.4 is 0 Å².